The van der Waals surface area contributed by atoms with Crippen molar-refractivity contribution in [2.24, 2.45) is 0 Å². The standard InChI is InChI=1S/C19H18N2O6/c1-11-5-7-12(8-6-11)17-20-21(19(23)27-17)18(22)13-9-14(24-2)16(26-4)15(10-13)25-3/h5-10H,1-4H3. The minimum Gasteiger partial charge on any atom is -0.493 e. The van der Waals surface area contributed by atoms with E-state index in [0.717, 1.165) is 5.56 Å². The average molecular weight is 370 g/mol. The number of carbonyl (C=O) groups excluding carboxylic acids is 1. The molecule has 0 N–H and O–H groups in total. The second-order valence-electron chi connectivity index (χ2n) is 5.67. The molecule has 0 unspecified atom stereocenters. The van der Waals surface area contributed by atoms with Gasteiger partial charge in [-0.05, 0) is 31.2 Å². The lowest BCUT2D eigenvalue weighted by molar-refractivity contribution is 0.0936. The summed E-state index contributed by atoms with van der Waals surface area (Å²) in [5.41, 5.74) is 1.78. The molecule has 0 aliphatic carbocycles. The summed E-state index contributed by atoms with van der Waals surface area (Å²) >= 11 is 0. The first-order valence-electron chi connectivity index (χ1n) is 8.00. The highest BCUT2D eigenvalue weighted by Crippen LogP contribution is 2.38. The minimum atomic E-state index is -0.885. The fourth-order valence-corrected chi connectivity index (χ4v) is 2.55. The molecule has 8 nitrogen and oxygen atoms in total. The van der Waals surface area contributed by atoms with Crippen LogP contribution < -0.4 is 20.0 Å². The zero-order chi connectivity index (χ0) is 19.6. The Kier molecular flexibility index (Phi) is 4.98. The van der Waals surface area contributed by atoms with E-state index in [2.05, 4.69) is 5.10 Å². The van der Waals surface area contributed by atoms with E-state index in [-0.39, 0.29) is 23.0 Å². The van der Waals surface area contributed by atoms with Gasteiger partial charge in [0, 0.05) is 11.1 Å². The van der Waals surface area contributed by atoms with Gasteiger partial charge in [-0.3, -0.25) is 4.79 Å². The lowest BCUT2D eigenvalue weighted by Gasteiger charge is -2.13. The molecule has 0 atom stereocenters. The number of aromatic nitrogens is 2. The molecule has 0 aliphatic rings. The molecule has 8 heteroatoms. The first kappa shape index (κ1) is 18.2. The number of hydrogen-bond acceptors (Lipinski definition) is 7. The normalized spacial score (nSPS) is 10.5. The topological polar surface area (TPSA) is 92.8 Å². The summed E-state index contributed by atoms with van der Waals surface area (Å²) in [7, 11) is 4.32. The van der Waals surface area contributed by atoms with Gasteiger partial charge >= 0.3 is 5.76 Å². The van der Waals surface area contributed by atoms with Crippen LogP contribution in [-0.4, -0.2) is 37.0 Å². The maximum atomic E-state index is 12.8. The van der Waals surface area contributed by atoms with Crippen molar-refractivity contribution >= 4 is 5.91 Å². The van der Waals surface area contributed by atoms with Gasteiger partial charge in [-0.25, -0.2) is 4.79 Å². The summed E-state index contributed by atoms with van der Waals surface area (Å²) in [5, 5.41) is 4.01. The summed E-state index contributed by atoms with van der Waals surface area (Å²) in [5.74, 6) is -0.595. The van der Waals surface area contributed by atoms with Crippen LogP contribution in [0.1, 0.15) is 15.9 Å². The molecule has 0 saturated carbocycles. The molecule has 140 valence electrons. The highest BCUT2D eigenvalue weighted by molar-refractivity contribution is 5.96. The van der Waals surface area contributed by atoms with Gasteiger partial charge in [0.15, 0.2) is 11.5 Å². The fourth-order valence-electron chi connectivity index (χ4n) is 2.55. The molecule has 27 heavy (non-hydrogen) atoms. The smallest absolute Gasteiger partial charge is 0.445 e. The Hall–Kier alpha value is -3.55. The summed E-state index contributed by atoms with van der Waals surface area (Å²) in [6.07, 6.45) is 0. The first-order valence-corrected chi connectivity index (χ1v) is 8.00. The number of rotatable bonds is 5. The molecular weight excluding hydrogens is 352 g/mol. The van der Waals surface area contributed by atoms with Gasteiger partial charge in [-0.2, -0.15) is 0 Å². The van der Waals surface area contributed by atoms with Crippen LogP contribution >= 0.6 is 0 Å². The van der Waals surface area contributed by atoms with Gasteiger partial charge in [-0.1, -0.05) is 17.7 Å². The number of aryl methyl sites for hydroxylation is 1. The van der Waals surface area contributed by atoms with Gasteiger partial charge in [0.2, 0.25) is 11.6 Å². The third-order valence-electron chi connectivity index (χ3n) is 3.95. The maximum Gasteiger partial charge on any atom is 0.445 e. The van der Waals surface area contributed by atoms with Crippen molar-refractivity contribution in [2.75, 3.05) is 21.3 Å². The molecule has 3 aromatic rings. The average Bonchev–Trinajstić information content (AvgIpc) is 3.08. The van der Waals surface area contributed by atoms with E-state index in [1.807, 2.05) is 19.1 Å². The molecule has 0 spiro atoms. The summed E-state index contributed by atoms with van der Waals surface area (Å²) in [6.45, 7) is 1.94. The number of benzene rings is 2. The van der Waals surface area contributed by atoms with Crippen molar-refractivity contribution in [1.29, 1.82) is 0 Å². The second-order valence-corrected chi connectivity index (χ2v) is 5.67. The van der Waals surface area contributed by atoms with Crippen LogP contribution in [0.2, 0.25) is 0 Å². The largest absolute Gasteiger partial charge is 0.493 e. The molecule has 0 radical (unpaired) electrons. The van der Waals surface area contributed by atoms with Crippen molar-refractivity contribution in [3.05, 3.63) is 58.1 Å². The van der Waals surface area contributed by atoms with Crippen molar-refractivity contribution in [2.45, 2.75) is 6.92 Å². The summed E-state index contributed by atoms with van der Waals surface area (Å²) in [4.78, 5) is 24.9. The molecule has 0 bridgehead atoms. The number of nitrogens with zero attached hydrogens (tertiary/aromatic N) is 2. The molecule has 0 amide bonds. The molecule has 2 aromatic carbocycles. The Bertz CT molecular complexity index is 1010. The Labute approximate surface area is 154 Å². The van der Waals surface area contributed by atoms with Crippen LogP contribution in [-0.2, 0) is 0 Å². The van der Waals surface area contributed by atoms with Crippen LogP contribution in [0.4, 0.5) is 0 Å². The van der Waals surface area contributed by atoms with Crippen molar-refractivity contribution in [1.82, 2.24) is 9.78 Å². The molecule has 3 rings (SSSR count). The molecular formula is C19H18N2O6. The van der Waals surface area contributed by atoms with Gasteiger partial charge in [0.1, 0.15) is 0 Å². The van der Waals surface area contributed by atoms with Crippen molar-refractivity contribution in [3.8, 4) is 28.7 Å². The van der Waals surface area contributed by atoms with Gasteiger partial charge in [0.25, 0.3) is 5.91 Å². The monoisotopic (exact) mass is 370 g/mol. The predicted octanol–water partition coefficient (Wildman–Crippen LogP) is 2.53. The number of ether oxygens (including phenoxy) is 3. The third-order valence-corrected chi connectivity index (χ3v) is 3.95. The predicted molar refractivity (Wildman–Crippen MR) is 96.8 cm³/mol. The first-order chi connectivity index (χ1) is 13.0. The lowest BCUT2D eigenvalue weighted by Crippen LogP contribution is -2.24. The van der Waals surface area contributed by atoms with E-state index in [1.54, 1.807) is 12.1 Å². The molecule has 1 heterocycles. The van der Waals surface area contributed by atoms with E-state index in [4.69, 9.17) is 18.6 Å². The van der Waals surface area contributed by atoms with Gasteiger partial charge in [-0.15, -0.1) is 9.78 Å². The Morgan fingerprint density at radius 3 is 2.11 bits per heavy atom. The Balaban J connectivity index is 2.04. The zero-order valence-corrected chi connectivity index (χ0v) is 15.3. The lowest BCUT2D eigenvalue weighted by atomic mass is 10.1. The van der Waals surface area contributed by atoms with E-state index >= 15 is 0 Å². The third kappa shape index (κ3) is 3.41. The van der Waals surface area contributed by atoms with Crippen LogP contribution in [0, 0.1) is 6.92 Å². The number of methoxy groups -OCH3 is 3. The molecule has 0 aliphatic heterocycles. The van der Waals surface area contributed by atoms with E-state index < -0.39 is 11.7 Å². The highest BCUT2D eigenvalue weighted by atomic mass is 16.5. The number of carbonyl (C=O) groups is 1. The summed E-state index contributed by atoms with van der Waals surface area (Å²) in [6, 6.07) is 10.1. The zero-order valence-electron chi connectivity index (χ0n) is 15.3. The Morgan fingerprint density at radius 1 is 1.00 bits per heavy atom. The highest BCUT2D eigenvalue weighted by Gasteiger charge is 2.22. The van der Waals surface area contributed by atoms with E-state index in [1.165, 1.54) is 33.5 Å². The molecule has 0 fully saturated rings. The van der Waals surface area contributed by atoms with Crippen LogP contribution in [0.3, 0.4) is 0 Å². The van der Waals surface area contributed by atoms with Crippen LogP contribution in [0.25, 0.3) is 11.5 Å². The van der Waals surface area contributed by atoms with Crippen molar-refractivity contribution < 1.29 is 23.4 Å². The summed E-state index contributed by atoms with van der Waals surface area (Å²) < 4.78 is 21.5. The van der Waals surface area contributed by atoms with E-state index in [9.17, 15) is 9.59 Å². The Morgan fingerprint density at radius 2 is 1.59 bits per heavy atom. The second kappa shape index (κ2) is 7.36. The van der Waals surface area contributed by atoms with Crippen molar-refractivity contribution in [3.63, 3.8) is 0 Å². The number of hydrogen-bond donors (Lipinski definition) is 0. The maximum absolute atomic E-state index is 12.8. The van der Waals surface area contributed by atoms with E-state index in [0.29, 0.717) is 16.0 Å². The van der Waals surface area contributed by atoms with Gasteiger partial charge in [0.05, 0.1) is 21.3 Å². The van der Waals surface area contributed by atoms with Crippen LogP contribution in [0.15, 0.2) is 45.6 Å². The quantitative estimate of drug-likeness (QED) is 0.681. The van der Waals surface area contributed by atoms with Crippen LogP contribution in [0.5, 0.6) is 17.2 Å². The minimum absolute atomic E-state index is 0.0563. The molecule has 0 saturated heterocycles. The molecule has 1 aromatic heterocycles. The fraction of sp³-hybridized carbons (Fsp3) is 0.211. The SMILES string of the molecule is COc1cc(C(=O)n2nc(-c3ccc(C)cc3)oc2=O)cc(OC)c1OC. The van der Waals surface area contributed by atoms with Gasteiger partial charge < -0.3 is 18.6 Å².